The number of carbonyl (C=O) groups excluding carboxylic acids is 1. The van der Waals surface area contributed by atoms with Crippen LogP contribution in [0.4, 0.5) is 0 Å². The summed E-state index contributed by atoms with van der Waals surface area (Å²) in [5, 5.41) is 8.69. The van der Waals surface area contributed by atoms with Gasteiger partial charge in [-0.3, -0.25) is 9.59 Å². The monoisotopic (exact) mass is 309 g/mol. The SMILES string of the molecule is CCCN(CC(=O)O)C(=O)CSC1CCS(=O)(=O)C1. The molecule has 0 saturated carbocycles. The second-order valence-corrected chi connectivity index (χ2v) is 8.06. The minimum absolute atomic E-state index is 0.0396. The highest BCUT2D eigenvalue weighted by molar-refractivity contribution is 8.02. The first-order chi connectivity index (χ1) is 8.84. The second kappa shape index (κ2) is 7.14. The molecule has 1 unspecified atom stereocenters. The molecule has 1 fully saturated rings. The Labute approximate surface area is 117 Å². The van der Waals surface area contributed by atoms with Crippen molar-refractivity contribution in [1.82, 2.24) is 4.90 Å². The molecule has 6 nitrogen and oxygen atoms in total. The number of hydrogen-bond donors (Lipinski definition) is 1. The summed E-state index contributed by atoms with van der Waals surface area (Å²) in [5.41, 5.74) is 0. The van der Waals surface area contributed by atoms with E-state index in [1.54, 1.807) is 0 Å². The van der Waals surface area contributed by atoms with E-state index in [4.69, 9.17) is 5.11 Å². The van der Waals surface area contributed by atoms with Crippen molar-refractivity contribution in [2.75, 3.05) is 30.3 Å². The van der Waals surface area contributed by atoms with Crippen LogP contribution in [-0.4, -0.2) is 65.9 Å². The van der Waals surface area contributed by atoms with E-state index >= 15 is 0 Å². The zero-order chi connectivity index (χ0) is 14.5. The van der Waals surface area contributed by atoms with Crippen LogP contribution in [0.1, 0.15) is 19.8 Å². The Bertz CT molecular complexity index is 434. The number of rotatable bonds is 7. The fraction of sp³-hybridized carbons (Fsp3) is 0.818. The van der Waals surface area contributed by atoms with Crippen molar-refractivity contribution in [3.8, 4) is 0 Å². The van der Waals surface area contributed by atoms with Crippen LogP contribution in [0.2, 0.25) is 0 Å². The second-order valence-electron chi connectivity index (χ2n) is 4.55. The molecule has 1 atom stereocenters. The first-order valence-electron chi connectivity index (χ1n) is 6.15. The number of carboxylic acids is 1. The summed E-state index contributed by atoms with van der Waals surface area (Å²) in [6, 6.07) is 0. The normalized spacial score (nSPS) is 21.2. The number of hydrogen-bond acceptors (Lipinski definition) is 5. The lowest BCUT2D eigenvalue weighted by Crippen LogP contribution is -2.37. The molecule has 0 aliphatic carbocycles. The maximum absolute atomic E-state index is 11.9. The van der Waals surface area contributed by atoms with E-state index in [1.165, 1.54) is 16.7 Å². The molecular weight excluding hydrogens is 290 g/mol. The Morgan fingerprint density at radius 1 is 1.42 bits per heavy atom. The van der Waals surface area contributed by atoms with Crippen LogP contribution in [0.5, 0.6) is 0 Å². The lowest BCUT2D eigenvalue weighted by molar-refractivity contribution is -0.143. The summed E-state index contributed by atoms with van der Waals surface area (Å²) < 4.78 is 22.6. The Kier molecular flexibility index (Phi) is 6.12. The minimum Gasteiger partial charge on any atom is -0.480 e. The summed E-state index contributed by atoms with van der Waals surface area (Å²) >= 11 is 1.31. The van der Waals surface area contributed by atoms with Gasteiger partial charge in [-0.05, 0) is 12.8 Å². The van der Waals surface area contributed by atoms with E-state index in [0.717, 1.165) is 0 Å². The average Bonchev–Trinajstić information content (AvgIpc) is 2.65. The van der Waals surface area contributed by atoms with Crippen molar-refractivity contribution in [3.05, 3.63) is 0 Å². The molecule has 1 aliphatic heterocycles. The lowest BCUT2D eigenvalue weighted by Gasteiger charge is -2.20. The molecule has 1 heterocycles. The molecule has 0 bridgehead atoms. The third kappa shape index (κ3) is 5.82. The number of thioether (sulfide) groups is 1. The minimum atomic E-state index is -2.93. The summed E-state index contributed by atoms with van der Waals surface area (Å²) in [7, 11) is -2.93. The van der Waals surface area contributed by atoms with E-state index in [2.05, 4.69) is 0 Å². The maximum Gasteiger partial charge on any atom is 0.323 e. The van der Waals surface area contributed by atoms with Crippen molar-refractivity contribution in [3.63, 3.8) is 0 Å². The molecule has 0 spiro atoms. The van der Waals surface area contributed by atoms with Gasteiger partial charge in [-0.2, -0.15) is 0 Å². The van der Waals surface area contributed by atoms with Gasteiger partial charge in [0.2, 0.25) is 5.91 Å². The third-order valence-electron chi connectivity index (χ3n) is 2.81. The van der Waals surface area contributed by atoms with Gasteiger partial charge in [-0.25, -0.2) is 8.42 Å². The highest BCUT2D eigenvalue weighted by Crippen LogP contribution is 2.24. The van der Waals surface area contributed by atoms with Crippen LogP contribution < -0.4 is 0 Å². The van der Waals surface area contributed by atoms with E-state index in [9.17, 15) is 18.0 Å². The van der Waals surface area contributed by atoms with Gasteiger partial charge in [-0.15, -0.1) is 11.8 Å². The first kappa shape index (κ1) is 16.3. The predicted molar refractivity (Wildman–Crippen MR) is 74.0 cm³/mol. The number of nitrogens with zero attached hydrogens (tertiary/aromatic N) is 1. The molecular formula is C11H19NO5S2. The van der Waals surface area contributed by atoms with E-state index in [0.29, 0.717) is 19.4 Å². The molecule has 0 aromatic rings. The van der Waals surface area contributed by atoms with Crippen LogP contribution in [0.15, 0.2) is 0 Å². The Balaban J connectivity index is 2.42. The third-order valence-corrected chi connectivity index (χ3v) is 6.07. The smallest absolute Gasteiger partial charge is 0.323 e. The summed E-state index contributed by atoms with van der Waals surface area (Å²) in [6.07, 6.45) is 1.27. The van der Waals surface area contributed by atoms with Gasteiger partial charge < -0.3 is 10.0 Å². The number of amides is 1. The van der Waals surface area contributed by atoms with Crippen molar-refractivity contribution < 1.29 is 23.1 Å². The highest BCUT2D eigenvalue weighted by Gasteiger charge is 2.29. The topological polar surface area (TPSA) is 91.8 Å². The van der Waals surface area contributed by atoms with Gasteiger partial charge >= 0.3 is 5.97 Å². The van der Waals surface area contributed by atoms with Gasteiger partial charge in [0.15, 0.2) is 9.84 Å². The molecule has 1 aliphatic rings. The fourth-order valence-corrected chi connectivity index (χ4v) is 5.44. The van der Waals surface area contributed by atoms with Gasteiger partial charge in [-0.1, -0.05) is 6.92 Å². The van der Waals surface area contributed by atoms with Gasteiger partial charge in [0.25, 0.3) is 0 Å². The van der Waals surface area contributed by atoms with Crippen LogP contribution in [-0.2, 0) is 19.4 Å². The van der Waals surface area contributed by atoms with Crippen LogP contribution >= 0.6 is 11.8 Å². The molecule has 1 saturated heterocycles. The lowest BCUT2D eigenvalue weighted by atomic mass is 10.4. The Hall–Kier alpha value is -0.760. The zero-order valence-electron chi connectivity index (χ0n) is 10.9. The molecule has 1 N–H and O–H groups in total. The predicted octanol–water partition coefficient (Wildman–Crippen LogP) is 0.230. The zero-order valence-corrected chi connectivity index (χ0v) is 12.5. The molecule has 19 heavy (non-hydrogen) atoms. The van der Waals surface area contributed by atoms with Crippen molar-refractivity contribution in [1.29, 1.82) is 0 Å². The van der Waals surface area contributed by atoms with E-state index in [1.807, 2.05) is 6.92 Å². The summed E-state index contributed by atoms with van der Waals surface area (Å²) in [6.45, 7) is 1.99. The molecule has 8 heteroatoms. The summed E-state index contributed by atoms with van der Waals surface area (Å²) in [4.78, 5) is 23.8. The Morgan fingerprint density at radius 2 is 2.11 bits per heavy atom. The molecule has 0 radical (unpaired) electrons. The summed E-state index contributed by atoms with van der Waals surface area (Å²) in [5.74, 6) is -0.814. The largest absolute Gasteiger partial charge is 0.480 e. The Morgan fingerprint density at radius 3 is 2.58 bits per heavy atom. The fourth-order valence-electron chi connectivity index (χ4n) is 1.90. The van der Waals surface area contributed by atoms with Crippen molar-refractivity contribution in [2.24, 2.45) is 0 Å². The van der Waals surface area contributed by atoms with Crippen molar-refractivity contribution in [2.45, 2.75) is 25.0 Å². The molecule has 0 aromatic carbocycles. The quantitative estimate of drug-likeness (QED) is 0.724. The van der Waals surface area contributed by atoms with Crippen LogP contribution in [0, 0.1) is 0 Å². The molecule has 0 aromatic heterocycles. The average molecular weight is 309 g/mol. The van der Waals surface area contributed by atoms with E-state index < -0.39 is 15.8 Å². The molecule has 110 valence electrons. The first-order valence-corrected chi connectivity index (χ1v) is 9.02. The van der Waals surface area contributed by atoms with Crippen LogP contribution in [0.25, 0.3) is 0 Å². The number of aliphatic carboxylic acids is 1. The van der Waals surface area contributed by atoms with Gasteiger partial charge in [0.05, 0.1) is 17.3 Å². The van der Waals surface area contributed by atoms with Gasteiger partial charge in [0, 0.05) is 11.8 Å². The van der Waals surface area contributed by atoms with Gasteiger partial charge in [0.1, 0.15) is 6.54 Å². The molecule has 1 amide bonds. The standard InChI is InChI=1S/C11H19NO5S2/c1-2-4-12(6-11(14)15)10(13)7-18-9-3-5-19(16,17)8-9/h9H,2-8H2,1H3,(H,14,15). The molecule has 1 rings (SSSR count). The maximum atomic E-state index is 11.9. The van der Waals surface area contributed by atoms with E-state index in [-0.39, 0.29) is 35.0 Å². The number of carboxylic acid groups (broad SMARTS) is 1. The van der Waals surface area contributed by atoms with Crippen LogP contribution in [0.3, 0.4) is 0 Å². The number of carbonyl (C=O) groups is 2. The highest BCUT2D eigenvalue weighted by atomic mass is 32.2. The number of sulfone groups is 1. The van der Waals surface area contributed by atoms with Crippen molar-refractivity contribution >= 4 is 33.5 Å².